The summed E-state index contributed by atoms with van der Waals surface area (Å²) in [7, 11) is 0. The maximum atomic E-state index is 13.7. The van der Waals surface area contributed by atoms with Crippen LogP contribution in [0.4, 0.5) is 9.59 Å². The van der Waals surface area contributed by atoms with Crippen molar-refractivity contribution in [2.45, 2.75) is 110 Å². The van der Waals surface area contributed by atoms with Gasteiger partial charge in [-0.25, -0.2) is 9.59 Å². The number of rotatable bonds is 21. The highest BCUT2D eigenvalue weighted by Crippen LogP contribution is 2.19. The summed E-state index contributed by atoms with van der Waals surface area (Å²) < 4.78 is 20.9. The van der Waals surface area contributed by atoms with Gasteiger partial charge in [-0.15, -0.1) is 6.58 Å². The van der Waals surface area contributed by atoms with Crippen LogP contribution in [0.25, 0.3) is 0 Å². The van der Waals surface area contributed by atoms with Crippen LogP contribution in [-0.2, 0) is 39.8 Å². The summed E-state index contributed by atoms with van der Waals surface area (Å²) in [5.74, 6) is -1.56. The van der Waals surface area contributed by atoms with Crippen molar-refractivity contribution in [1.82, 2.24) is 21.3 Å². The number of alkyl carbamates (subject to hydrolysis) is 2. The molecule has 1 aromatic carbocycles. The summed E-state index contributed by atoms with van der Waals surface area (Å²) in [6, 6.07) is 5.62. The van der Waals surface area contributed by atoms with Crippen molar-refractivity contribution in [3.63, 3.8) is 0 Å². The predicted molar refractivity (Wildman–Crippen MR) is 200 cm³/mol. The van der Waals surface area contributed by atoms with E-state index in [2.05, 4.69) is 39.4 Å². The number of hydrogen-bond donors (Lipinski definition) is 4. The molecule has 53 heavy (non-hydrogen) atoms. The molecule has 1 aromatic rings. The van der Waals surface area contributed by atoms with Crippen LogP contribution in [0.15, 0.2) is 54.6 Å². The van der Waals surface area contributed by atoms with E-state index in [1.54, 1.807) is 78.0 Å². The molecule has 0 aromatic heterocycles. The van der Waals surface area contributed by atoms with Gasteiger partial charge in [-0.05, 0) is 84.9 Å². The molecule has 0 saturated carbocycles. The molecule has 0 saturated heterocycles. The van der Waals surface area contributed by atoms with Crippen LogP contribution < -0.4 is 26.0 Å². The minimum atomic E-state index is -0.907. The zero-order chi connectivity index (χ0) is 40.0. The molecule has 0 aliphatic heterocycles. The average molecular weight is 744 g/mol. The summed E-state index contributed by atoms with van der Waals surface area (Å²) in [6.07, 6.45) is 2.90. The Morgan fingerprint density at radius 3 is 1.98 bits per heavy atom. The lowest BCUT2D eigenvalue weighted by molar-refractivity contribution is -0.134. The smallest absolute Gasteiger partial charge is 0.414 e. The van der Waals surface area contributed by atoms with Gasteiger partial charge in [-0.3, -0.25) is 34.8 Å². The SMILES string of the molecule is C=CCOc1ccc(C[C@H](NC(C)=O)C(=O)C[C@@H](CCCCN=C(NC(=O)OC(C)(C)C)NC(=O)OC(C)(C)C)C(=O)N[C@@H](CC=C)COC=O)cc1. The van der Waals surface area contributed by atoms with Gasteiger partial charge in [0.2, 0.25) is 17.8 Å². The highest BCUT2D eigenvalue weighted by atomic mass is 16.6. The number of carbonyl (C=O) groups excluding carboxylic acids is 6. The third-order valence-corrected chi connectivity index (χ3v) is 6.95. The number of nitrogens with zero attached hydrogens (tertiary/aromatic N) is 1. The number of carbonyl (C=O) groups is 6. The molecule has 15 nitrogen and oxygen atoms in total. The van der Waals surface area contributed by atoms with Crippen molar-refractivity contribution in [2.24, 2.45) is 10.9 Å². The maximum absolute atomic E-state index is 13.7. The molecule has 0 aliphatic carbocycles. The second kappa shape index (κ2) is 23.4. The number of benzene rings is 1. The molecule has 294 valence electrons. The quantitative estimate of drug-likeness (QED) is 0.0342. The first kappa shape index (κ1) is 45.8. The van der Waals surface area contributed by atoms with Gasteiger partial charge in [0.25, 0.3) is 6.47 Å². The molecule has 4 N–H and O–H groups in total. The third-order valence-electron chi connectivity index (χ3n) is 6.95. The summed E-state index contributed by atoms with van der Waals surface area (Å²) in [5, 5.41) is 10.4. The number of ketones is 1. The Labute approximate surface area is 312 Å². The van der Waals surface area contributed by atoms with E-state index < -0.39 is 53.2 Å². The second-order valence-electron chi connectivity index (χ2n) is 14.2. The number of unbranched alkanes of at least 4 members (excludes halogenated alkanes) is 1. The first-order valence-electron chi connectivity index (χ1n) is 17.5. The lowest BCUT2D eigenvalue weighted by atomic mass is 9.90. The Hall–Kier alpha value is -5.21. The lowest BCUT2D eigenvalue weighted by Crippen LogP contribution is -2.47. The van der Waals surface area contributed by atoms with Crippen molar-refractivity contribution in [3.05, 3.63) is 55.1 Å². The summed E-state index contributed by atoms with van der Waals surface area (Å²) in [5.41, 5.74) is -0.834. The number of amides is 4. The van der Waals surface area contributed by atoms with E-state index in [-0.39, 0.29) is 50.6 Å². The number of nitrogens with one attached hydrogen (secondary N) is 4. The fourth-order valence-corrected chi connectivity index (χ4v) is 4.76. The van der Waals surface area contributed by atoms with Crippen molar-refractivity contribution in [1.29, 1.82) is 0 Å². The van der Waals surface area contributed by atoms with Crippen molar-refractivity contribution in [3.8, 4) is 5.75 Å². The Balaban J connectivity index is 3.18. The van der Waals surface area contributed by atoms with E-state index in [9.17, 15) is 28.8 Å². The second-order valence-corrected chi connectivity index (χ2v) is 14.2. The fraction of sp³-hybridized carbons (Fsp3) is 0.553. The molecular formula is C38H57N5O10. The molecule has 0 heterocycles. The number of guanidine groups is 1. The molecule has 1 rings (SSSR count). The van der Waals surface area contributed by atoms with Gasteiger partial charge >= 0.3 is 12.2 Å². The van der Waals surface area contributed by atoms with Crippen molar-refractivity contribution in [2.75, 3.05) is 19.8 Å². The maximum Gasteiger partial charge on any atom is 0.414 e. The number of ether oxygens (including phenoxy) is 4. The van der Waals surface area contributed by atoms with E-state index >= 15 is 0 Å². The Morgan fingerprint density at radius 2 is 1.47 bits per heavy atom. The molecule has 3 atom stereocenters. The van der Waals surface area contributed by atoms with Gasteiger partial charge in [0.1, 0.15) is 30.2 Å². The Kier molecular flexibility index (Phi) is 20.2. The third kappa shape index (κ3) is 21.7. The van der Waals surface area contributed by atoms with E-state index in [1.807, 2.05) is 0 Å². The van der Waals surface area contributed by atoms with Crippen LogP contribution in [0.3, 0.4) is 0 Å². The van der Waals surface area contributed by atoms with Crippen LogP contribution in [0.2, 0.25) is 0 Å². The van der Waals surface area contributed by atoms with Gasteiger partial charge in [0.05, 0.1) is 12.1 Å². The monoisotopic (exact) mass is 743 g/mol. The van der Waals surface area contributed by atoms with Crippen LogP contribution >= 0.6 is 0 Å². The van der Waals surface area contributed by atoms with Crippen LogP contribution in [0.1, 0.15) is 86.1 Å². The van der Waals surface area contributed by atoms with Gasteiger partial charge in [-0.1, -0.05) is 37.3 Å². The average Bonchev–Trinajstić information content (AvgIpc) is 3.03. The molecule has 0 fully saturated rings. The fourth-order valence-electron chi connectivity index (χ4n) is 4.76. The topological polar surface area (TPSA) is 200 Å². The van der Waals surface area contributed by atoms with E-state index in [4.69, 9.17) is 18.9 Å². The zero-order valence-corrected chi connectivity index (χ0v) is 32.1. The number of aliphatic imine (C=N–C) groups is 1. The molecule has 0 aliphatic rings. The normalized spacial score (nSPS) is 12.7. The van der Waals surface area contributed by atoms with Gasteiger partial charge in [-0.2, -0.15) is 0 Å². The first-order valence-corrected chi connectivity index (χ1v) is 17.5. The molecule has 4 amide bonds. The van der Waals surface area contributed by atoms with Gasteiger partial charge in [0.15, 0.2) is 5.78 Å². The molecule has 0 radical (unpaired) electrons. The Bertz CT molecular complexity index is 1380. The zero-order valence-electron chi connectivity index (χ0n) is 32.1. The van der Waals surface area contributed by atoms with Crippen LogP contribution in [-0.4, -0.2) is 85.3 Å². The first-order chi connectivity index (χ1) is 24.8. The predicted octanol–water partition coefficient (Wildman–Crippen LogP) is 4.68. The summed E-state index contributed by atoms with van der Waals surface area (Å²) in [4.78, 5) is 79.4. The van der Waals surface area contributed by atoms with E-state index in [1.165, 1.54) is 6.92 Å². The molecule has 0 spiro atoms. The molecular weight excluding hydrogens is 686 g/mol. The molecule has 15 heteroatoms. The van der Waals surface area contributed by atoms with E-state index in [0.717, 1.165) is 5.56 Å². The number of Topliss-reactive ketones (excluding diaryl/α,β-unsaturated/α-hetero) is 1. The van der Waals surface area contributed by atoms with E-state index in [0.29, 0.717) is 31.6 Å². The largest absolute Gasteiger partial charge is 0.490 e. The highest BCUT2D eigenvalue weighted by molar-refractivity contribution is 6.01. The summed E-state index contributed by atoms with van der Waals surface area (Å²) >= 11 is 0. The lowest BCUT2D eigenvalue weighted by Gasteiger charge is -2.23. The molecule has 0 bridgehead atoms. The van der Waals surface area contributed by atoms with Crippen LogP contribution in [0, 0.1) is 5.92 Å². The summed E-state index contributed by atoms with van der Waals surface area (Å²) in [6.45, 7) is 19.4. The Morgan fingerprint density at radius 1 is 0.868 bits per heavy atom. The minimum absolute atomic E-state index is 0.0876. The highest BCUT2D eigenvalue weighted by Gasteiger charge is 2.29. The van der Waals surface area contributed by atoms with Gasteiger partial charge in [0, 0.05) is 25.8 Å². The van der Waals surface area contributed by atoms with Crippen molar-refractivity contribution >= 4 is 42.2 Å². The number of hydrogen-bond acceptors (Lipinski definition) is 11. The molecule has 0 unspecified atom stereocenters. The minimum Gasteiger partial charge on any atom is -0.490 e. The van der Waals surface area contributed by atoms with Gasteiger partial charge < -0.3 is 29.6 Å². The van der Waals surface area contributed by atoms with Crippen LogP contribution in [0.5, 0.6) is 5.75 Å². The standard InChI is InChI=1S/C38H57N5O10/c1-10-14-29(24-50-25-44)41-33(47)28(23-32(46)31(40-26(3)45)22-27-16-18-30(19-17-27)51-21-11-2)15-12-13-20-39-34(42-35(48)52-37(4,5)6)43-36(49)53-38(7,8)9/h10-11,16-19,25,28-29,31H,1-2,12-15,20-24H2,3-9H3,(H,40,45)(H,41,47)(H2,39,42,43,48,49)/t28-,29+,31+/m1/s1. The van der Waals surface area contributed by atoms with Crippen molar-refractivity contribution < 1.29 is 47.7 Å².